The Labute approximate surface area is 102 Å². The predicted molar refractivity (Wildman–Crippen MR) is 62.7 cm³/mol. The number of nitrogens with zero attached hydrogens (tertiary/aromatic N) is 2. The molecule has 0 aliphatic rings. The van der Waals surface area contributed by atoms with E-state index in [2.05, 4.69) is 9.72 Å². The van der Waals surface area contributed by atoms with E-state index in [1.165, 1.54) is 31.0 Å². The maximum absolute atomic E-state index is 10.8. The monoisotopic (exact) mass is 257 g/mol. The second-order valence-electron chi connectivity index (χ2n) is 2.99. The zero-order valence-electron chi connectivity index (χ0n) is 9.08. The summed E-state index contributed by atoms with van der Waals surface area (Å²) in [4.78, 5) is 24.6. The van der Waals surface area contributed by atoms with E-state index >= 15 is 0 Å². The van der Waals surface area contributed by atoms with E-state index in [9.17, 15) is 14.9 Å². The van der Waals surface area contributed by atoms with Crippen LogP contribution in [0.4, 0.5) is 11.5 Å². The van der Waals surface area contributed by atoms with Crippen LogP contribution in [-0.4, -0.2) is 28.7 Å². The second-order valence-corrected chi connectivity index (χ2v) is 4.10. The van der Waals surface area contributed by atoms with E-state index < -0.39 is 4.92 Å². The van der Waals surface area contributed by atoms with Crippen molar-refractivity contribution in [2.75, 3.05) is 18.6 Å². The Morgan fingerprint density at radius 3 is 2.88 bits per heavy atom. The number of rotatable bonds is 5. The molecule has 1 rings (SSSR count). The Balaban J connectivity index is 2.59. The van der Waals surface area contributed by atoms with Crippen LogP contribution in [0.15, 0.2) is 17.2 Å². The largest absolute Gasteiger partial charge is 0.469 e. The fourth-order valence-corrected chi connectivity index (χ4v) is 1.83. The molecular weight excluding hydrogens is 246 g/mol. The van der Waals surface area contributed by atoms with Crippen molar-refractivity contribution < 1.29 is 14.5 Å². The Morgan fingerprint density at radius 2 is 2.35 bits per heavy atom. The maximum Gasteiger partial charge on any atom is 0.311 e. The van der Waals surface area contributed by atoms with Gasteiger partial charge in [0.1, 0.15) is 0 Å². The summed E-state index contributed by atoms with van der Waals surface area (Å²) in [5.74, 6) is 0.0437. The molecule has 0 atom stereocenters. The number of nitrogens with two attached hydrogens (primary N) is 1. The summed E-state index contributed by atoms with van der Waals surface area (Å²) in [6.07, 6.45) is 0.250. The van der Waals surface area contributed by atoms with Gasteiger partial charge in [-0.1, -0.05) is 0 Å². The summed E-state index contributed by atoms with van der Waals surface area (Å²) in [5.41, 5.74) is 5.20. The first-order chi connectivity index (χ1) is 8.04. The van der Waals surface area contributed by atoms with E-state index in [0.29, 0.717) is 10.8 Å². The Kier molecular flexibility index (Phi) is 4.70. The van der Waals surface area contributed by atoms with E-state index in [1.54, 1.807) is 0 Å². The third-order valence-corrected chi connectivity index (χ3v) is 2.79. The van der Waals surface area contributed by atoms with Crippen molar-refractivity contribution in [2.45, 2.75) is 11.4 Å². The highest BCUT2D eigenvalue weighted by molar-refractivity contribution is 7.99. The van der Waals surface area contributed by atoms with Gasteiger partial charge < -0.3 is 10.5 Å². The topological polar surface area (TPSA) is 108 Å². The smallest absolute Gasteiger partial charge is 0.311 e. The predicted octanol–water partition coefficient (Wildman–Crippen LogP) is 1.23. The molecule has 0 aromatic carbocycles. The summed E-state index contributed by atoms with van der Waals surface area (Å²) in [5, 5.41) is 11.0. The lowest BCUT2D eigenvalue weighted by molar-refractivity contribution is -0.384. The van der Waals surface area contributed by atoms with Gasteiger partial charge in [-0.3, -0.25) is 14.9 Å². The number of nitrogen functional groups attached to an aromatic ring is 1. The number of aromatic nitrogens is 1. The summed E-state index contributed by atoms with van der Waals surface area (Å²) in [6.45, 7) is 0. The quantitative estimate of drug-likeness (QED) is 0.365. The van der Waals surface area contributed by atoms with Gasteiger partial charge in [-0.05, 0) is 6.07 Å². The Bertz CT molecular complexity index is 438. The lowest BCUT2D eigenvalue weighted by Crippen LogP contribution is -2.02. The average molecular weight is 257 g/mol. The maximum atomic E-state index is 10.8. The first kappa shape index (κ1) is 13.2. The molecule has 1 aromatic heterocycles. The number of carbonyl (C=O) groups excluding carboxylic acids is 1. The number of carbonyl (C=O) groups is 1. The number of hydrogen-bond donors (Lipinski definition) is 1. The fraction of sp³-hybridized carbons (Fsp3) is 0.333. The molecule has 0 spiro atoms. The second kappa shape index (κ2) is 6.04. The molecule has 0 radical (unpaired) electrons. The van der Waals surface area contributed by atoms with Crippen molar-refractivity contribution >= 4 is 29.2 Å². The molecule has 92 valence electrons. The standard InChI is InChI=1S/C9H11N3O4S/c1-16-8(13)4-5-17-7-3-2-6(12(14)15)9(10)11-7/h2-3H,4-5H2,1H3,(H2,10,11). The van der Waals surface area contributed by atoms with Crippen LogP contribution in [0.25, 0.3) is 0 Å². The third-order valence-electron chi connectivity index (χ3n) is 1.86. The number of hydrogen-bond acceptors (Lipinski definition) is 7. The number of esters is 1. The van der Waals surface area contributed by atoms with Crippen LogP contribution >= 0.6 is 11.8 Å². The van der Waals surface area contributed by atoms with E-state index in [0.717, 1.165) is 0 Å². The van der Waals surface area contributed by atoms with Crippen LogP contribution in [0.2, 0.25) is 0 Å². The molecule has 8 heteroatoms. The molecule has 0 unspecified atom stereocenters. The third kappa shape index (κ3) is 3.91. The molecule has 0 aliphatic heterocycles. The summed E-state index contributed by atoms with van der Waals surface area (Å²) in [6, 6.07) is 2.79. The molecular formula is C9H11N3O4S. The molecule has 0 bridgehead atoms. The van der Waals surface area contributed by atoms with Crippen LogP contribution in [0.5, 0.6) is 0 Å². The van der Waals surface area contributed by atoms with Gasteiger partial charge >= 0.3 is 11.7 Å². The van der Waals surface area contributed by atoms with Gasteiger partial charge in [-0.25, -0.2) is 4.98 Å². The van der Waals surface area contributed by atoms with Gasteiger partial charge in [0.2, 0.25) is 5.82 Å². The Morgan fingerprint density at radius 1 is 1.65 bits per heavy atom. The first-order valence-electron chi connectivity index (χ1n) is 4.65. The van der Waals surface area contributed by atoms with Crippen LogP contribution in [0, 0.1) is 10.1 Å². The molecule has 0 aliphatic carbocycles. The van der Waals surface area contributed by atoms with Crippen molar-refractivity contribution in [3.63, 3.8) is 0 Å². The van der Waals surface area contributed by atoms with Crippen molar-refractivity contribution in [3.05, 3.63) is 22.2 Å². The van der Waals surface area contributed by atoms with Gasteiger partial charge in [0.25, 0.3) is 0 Å². The molecule has 0 saturated heterocycles. The van der Waals surface area contributed by atoms with E-state index in [4.69, 9.17) is 5.73 Å². The lowest BCUT2D eigenvalue weighted by atomic mass is 10.4. The normalized spacial score (nSPS) is 9.94. The zero-order valence-corrected chi connectivity index (χ0v) is 9.90. The van der Waals surface area contributed by atoms with Gasteiger partial charge in [0, 0.05) is 11.8 Å². The molecule has 0 amide bonds. The average Bonchev–Trinajstić information content (AvgIpc) is 2.28. The van der Waals surface area contributed by atoms with Gasteiger partial charge in [-0.15, -0.1) is 11.8 Å². The highest BCUT2D eigenvalue weighted by atomic mass is 32.2. The minimum atomic E-state index is -0.592. The SMILES string of the molecule is COC(=O)CCSc1ccc([N+](=O)[O-])c(N)n1. The summed E-state index contributed by atoms with van der Waals surface area (Å²) in [7, 11) is 1.31. The molecule has 2 N–H and O–H groups in total. The number of nitro groups is 1. The van der Waals surface area contributed by atoms with Crippen molar-refractivity contribution in [1.82, 2.24) is 4.98 Å². The van der Waals surface area contributed by atoms with Crippen molar-refractivity contribution in [1.29, 1.82) is 0 Å². The number of pyridine rings is 1. The van der Waals surface area contributed by atoms with Crippen molar-refractivity contribution in [3.8, 4) is 0 Å². The molecule has 17 heavy (non-hydrogen) atoms. The minimum absolute atomic E-state index is 0.127. The minimum Gasteiger partial charge on any atom is -0.469 e. The molecule has 0 saturated carbocycles. The van der Waals surface area contributed by atoms with Gasteiger partial charge in [0.05, 0.1) is 23.5 Å². The molecule has 0 fully saturated rings. The van der Waals surface area contributed by atoms with Crippen LogP contribution in [0.1, 0.15) is 6.42 Å². The summed E-state index contributed by atoms with van der Waals surface area (Å²) >= 11 is 1.28. The number of ether oxygens (including phenoxy) is 1. The Hall–Kier alpha value is -1.83. The molecule has 1 heterocycles. The summed E-state index contributed by atoms with van der Waals surface area (Å²) < 4.78 is 4.48. The van der Waals surface area contributed by atoms with Crippen LogP contribution < -0.4 is 5.73 Å². The zero-order chi connectivity index (χ0) is 12.8. The number of anilines is 1. The highest BCUT2D eigenvalue weighted by Gasteiger charge is 2.13. The van der Waals surface area contributed by atoms with Crippen LogP contribution in [-0.2, 0) is 9.53 Å². The van der Waals surface area contributed by atoms with Gasteiger partial charge in [0.15, 0.2) is 0 Å². The van der Waals surface area contributed by atoms with E-state index in [-0.39, 0.29) is 23.9 Å². The number of thioether (sulfide) groups is 1. The first-order valence-corrected chi connectivity index (χ1v) is 5.63. The lowest BCUT2D eigenvalue weighted by Gasteiger charge is -2.01. The van der Waals surface area contributed by atoms with E-state index in [1.807, 2.05) is 0 Å². The fourth-order valence-electron chi connectivity index (χ4n) is 1.02. The molecule has 1 aromatic rings. The van der Waals surface area contributed by atoms with Crippen LogP contribution in [0.3, 0.4) is 0 Å². The molecule has 7 nitrogen and oxygen atoms in total. The van der Waals surface area contributed by atoms with Crippen molar-refractivity contribution in [2.24, 2.45) is 0 Å². The number of methoxy groups -OCH3 is 1. The van der Waals surface area contributed by atoms with Gasteiger partial charge in [-0.2, -0.15) is 0 Å². The highest BCUT2D eigenvalue weighted by Crippen LogP contribution is 2.24.